The standard InChI is InChI=1S/C22H34/c1-2-3-4-5-6-7-8-9-10-11-12-15-20-18-19-21-16-13-14-17-22(20)21/h13,16-19H,2-12,14-15H2,1H3. The van der Waals surface area contributed by atoms with Crippen molar-refractivity contribution >= 4 is 0 Å². The van der Waals surface area contributed by atoms with Gasteiger partial charge in [-0.2, -0.15) is 0 Å². The maximum absolute atomic E-state index is 2.39. The van der Waals surface area contributed by atoms with Crippen LogP contribution < -0.4 is 0 Å². The van der Waals surface area contributed by atoms with E-state index in [0.717, 1.165) is 6.42 Å². The molecule has 0 aliphatic heterocycles. The Kier molecular flexibility index (Phi) is 8.38. The number of rotatable bonds is 12. The molecule has 0 atom stereocenters. The largest absolute Gasteiger partial charge is 0.0801 e. The summed E-state index contributed by atoms with van der Waals surface area (Å²) in [6.07, 6.45) is 29.7. The van der Waals surface area contributed by atoms with E-state index >= 15 is 0 Å². The Morgan fingerprint density at radius 3 is 2.09 bits per heavy atom. The highest BCUT2D eigenvalue weighted by atomic mass is 14.2. The van der Waals surface area contributed by atoms with E-state index in [1.807, 2.05) is 0 Å². The number of hydrogen-bond acceptors (Lipinski definition) is 0. The van der Waals surface area contributed by atoms with Crippen molar-refractivity contribution in [2.75, 3.05) is 0 Å². The first-order chi connectivity index (χ1) is 10.9. The average molecular weight is 299 g/mol. The normalized spacial score (nSPS) is 16.3. The van der Waals surface area contributed by atoms with Gasteiger partial charge in [-0.3, -0.25) is 0 Å². The van der Waals surface area contributed by atoms with Crippen molar-refractivity contribution in [2.24, 2.45) is 0 Å². The highest BCUT2D eigenvalue weighted by Crippen LogP contribution is 2.33. The minimum absolute atomic E-state index is 1.11. The van der Waals surface area contributed by atoms with Crippen LogP contribution >= 0.6 is 0 Å². The lowest BCUT2D eigenvalue weighted by Crippen LogP contribution is -1.92. The van der Waals surface area contributed by atoms with Crippen molar-refractivity contribution in [1.29, 1.82) is 0 Å². The van der Waals surface area contributed by atoms with Crippen LogP contribution in [0.3, 0.4) is 0 Å². The molecule has 0 unspecified atom stereocenters. The molecule has 0 heteroatoms. The van der Waals surface area contributed by atoms with Gasteiger partial charge in [0.25, 0.3) is 0 Å². The predicted octanol–water partition coefficient (Wildman–Crippen LogP) is 7.44. The SMILES string of the molecule is CCCCCCCCCCCCCC1=CC=C2C=CCC=C21. The minimum Gasteiger partial charge on any atom is -0.0801 e. The van der Waals surface area contributed by atoms with Crippen LogP contribution in [-0.2, 0) is 0 Å². The van der Waals surface area contributed by atoms with Crippen molar-refractivity contribution in [3.05, 3.63) is 47.1 Å². The van der Waals surface area contributed by atoms with Crippen molar-refractivity contribution < 1.29 is 0 Å². The maximum atomic E-state index is 2.39. The van der Waals surface area contributed by atoms with E-state index < -0.39 is 0 Å². The monoisotopic (exact) mass is 298 g/mol. The van der Waals surface area contributed by atoms with Gasteiger partial charge in [-0.1, -0.05) is 102 Å². The topological polar surface area (TPSA) is 0 Å². The fraction of sp³-hybridized carbons (Fsp3) is 0.636. The van der Waals surface area contributed by atoms with E-state index in [1.54, 1.807) is 5.57 Å². The van der Waals surface area contributed by atoms with Crippen LogP contribution in [0.4, 0.5) is 0 Å². The molecule has 2 rings (SSSR count). The molecule has 0 N–H and O–H groups in total. The van der Waals surface area contributed by atoms with Crippen LogP contribution in [0, 0.1) is 0 Å². The highest BCUT2D eigenvalue weighted by Gasteiger charge is 2.14. The lowest BCUT2D eigenvalue weighted by molar-refractivity contribution is 0.549. The molecule has 0 aromatic carbocycles. The summed E-state index contributed by atoms with van der Waals surface area (Å²) in [5.74, 6) is 0. The summed E-state index contributed by atoms with van der Waals surface area (Å²) in [7, 11) is 0. The summed E-state index contributed by atoms with van der Waals surface area (Å²) in [6, 6.07) is 0. The molecular formula is C22H34. The van der Waals surface area contributed by atoms with Gasteiger partial charge in [0, 0.05) is 0 Å². The first kappa shape index (κ1) is 17.3. The second kappa shape index (κ2) is 10.6. The van der Waals surface area contributed by atoms with Gasteiger partial charge in [0.05, 0.1) is 0 Å². The van der Waals surface area contributed by atoms with Gasteiger partial charge < -0.3 is 0 Å². The molecule has 0 bridgehead atoms. The summed E-state index contributed by atoms with van der Waals surface area (Å²) in [4.78, 5) is 0. The van der Waals surface area contributed by atoms with Gasteiger partial charge in [-0.15, -0.1) is 0 Å². The summed E-state index contributed by atoms with van der Waals surface area (Å²) in [5.41, 5.74) is 4.54. The summed E-state index contributed by atoms with van der Waals surface area (Å²) in [5, 5.41) is 0. The first-order valence-corrected chi connectivity index (χ1v) is 9.70. The second-order valence-electron chi connectivity index (χ2n) is 6.86. The molecule has 0 spiro atoms. The van der Waals surface area contributed by atoms with Crippen LogP contribution in [0.1, 0.15) is 90.4 Å². The summed E-state index contributed by atoms with van der Waals surface area (Å²) >= 11 is 0. The lowest BCUT2D eigenvalue weighted by atomic mass is 9.94. The Morgan fingerprint density at radius 2 is 1.41 bits per heavy atom. The zero-order valence-corrected chi connectivity index (χ0v) is 14.6. The smallest absolute Gasteiger partial charge is 0.0157 e. The summed E-state index contributed by atoms with van der Waals surface area (Å²) < 4.78 is 0. The molecule has 122 valence electrons. The molecule has 2 aliphatic carbocycles. The average Bonchev–Trinajstić information content (AvgIpc) is 2.96. The fourth-order valence-electron chi connectivity index (χ4n) is 3.53. The predicted molar refractivity (Wildman–Crippen MR) is 99.1 cm³/mol. The van der Waals surface area contributed by atoms with Crippen molar-refractivity contribution in [2.45, 2.75) is 90.4 Å². The van der Waals surface area contributed by atoms with Crippen LogP contribution in [-0.4, -0.2) is 0 Å². The molecule has 22 heavy (non-hydrogen) atoms. The number of allylic oxidation sites excluding steroid dienone is 8. The molecule has 2 aliphatic rings. The van der Waals surface area contributed by atoms with Crippen molar-refractivity contribution in [3.63, 3.8) is 0 Å². The third-order valence-corrected chi connectivity index (χ3v) is 4.93. The van der Waals surface area contributed by atoms with Crippen LogP contribution in [0.2, 0.25) is 0 Å². The van der Waals surface area contributed by atoms with E-state index in [1.165, 1.54) is 88.2 Å². The Hall–Kier alpha value is -1.04. The Morgan fingerprint density at radius 1 is 0.773 bits per heavy atom. The quantitative estimate of drug-likeness (QED) is 0.328. The molecular weight excluding hydrogens is 264 g/mol. The fourth-order valence-corrected chi connectivity index (χ4v) is 3.53. The molecule has 0 radical (unpaired) electrons. The Bertz CT molecular complexity index is 431. The van der Waals surface area contributed by atoms with Crippen LogP contribution in [0.15, 0.2) is 47.1 Å². The number of unbranched alkanes of at least 4 members (excludes halogenated alkanes) is 10. The minimum atomic E-state index is 1.11. The van der Waals surface area contributed by atoms with Gasteiger partial charge in [-0.25, -0.2) is 0 Å². The van der Waals surface area contributed by atoms with E-state index in [9.17, 15) is 0 Å². The van der Waals surface area contributed by atoms with Crippen LogP contribution in [0.5, 0.6) is 0 Å². The van der Waals surface area contributed by atoms with E-state index in [4.69, 9.17) is 0 Å². The molecule has 0 heterocycles. The Labute approximate surface area is 138 Å². The molecule has 0 saturated heterocycles. The number of fused-ring (bicyclic) bond motifs is 1. The van der Waals surface area contributed by atoms with Crippen LogP contribution in [0.25, 0.3) is 0 Å². The third-order valence-electron chi connectivity index (χ3n) is 4.93. The second-order valence-corrected chi connectivity index (χ2v) is 6.86. The molecule has 0 fully saturated rings. The van der Waals surface area contributed by atoms with Crippen molar-refractivity contribution in [1.82, 2.24) is 0 Å². The van der Waals surface area contributed by atoms with E-state index in [-0.39, 0.29) is 0 Å². The number of hydrogen-bond donors (Lipinski definition) is 0. The van der Waals surface area contributed by atoms with E-state index in [2.05, 4.69) is 37.3 Å². The van der Waals surface area contributed by atoms with E-state index in [0.29, 0.717) is 0 Å². The molecule has 0 amide bonds. The van der Waals surface area contributed by atoms with Gasteiger partial charge >= 0.3 is 0 Å². The zero-order valence-electron chi connectivity index (χ0n) is 14.6. The lowest BCUT2D eigenvalue weighted by Gasteiger charge is -2.11. The molecule has 0 aromatic rings. The van der Waals surface area contributed by atoms with Crippen molar-refractivity contribution in [3.8, 4) is 0 Å². The van der Waals surface area contributed by atoms with Gasteiger partial charge in [0.15, 0.2) is 0 Å². The maximum Gasteiger partial charge on any atom is -0.0157 e. The molecule has 0 nitrogen and oxygen atoms in total. The third kappa shape index (κ3) is 5.99. The van der Waals surface area contributed by atoms with Gasteiger partial charge in [0.1, 0.15) is 0 Å². The molecule has 0 saturated carbocycles. The Balaban J connectivity index is 1.42. The molecule has 0 aromatic heterocycles. The summed E-state index contributed by atoms with van der Waals surface area (Å²) in [6.45, 7) is 2.29. The first-order valence-electron chi connectivity index (χ1n) is 9.70. The van der Waals surface area contributed by atoms with Gasteiger partial charge in [-0.05, 0) is 36.0 Å². The van der Waals surface area contributed by atoms with Gasteiger partial charge in [0.2, 0.25) is 0 Å². The highest BCUT2D eigenvalue weighted by molar-refractivity contribution is 5.60. The zero-order chi connectivity index (χ0) is 15.5.